The summed E-state index contributed by atoms with van der Waals surface area (Å²) in [5.41, 5.74) is 9.47. The monoisotopic (exact) mass is 231 g/mol. The van der Waals surface area contributed by atoms with Crippen LogP contribution in [0.15, 0.2) is 11.1 Å². The first-order valence-electron chi connectivity index (χ1n) is 4.20. The number of nitrogens with two attached hydrogens (primary N) is 2. The third-order valence-corrected chi connectivity index (χ3v) is 1.79. The average molecular weight is 231 g/mol. The fraction of sp³-hybridized carbons (Fsp3) is 0.222. The Morgan fingerprint density at radius 3 is 1.88 bits per heavy atom. The molecule has 5 nitrogen and oxygen atoms in total. The molecular formula is C9H11F2N3O2. The van der Waals surface area contributed by atoms with E-state index in [4.69, 9.17) is 20.9 Å². The maximum absolute atomic E-state index is 13.6. The van der Waals surface area contributed by atoms with E-state index in [-0.39, 0.29) is 11.5 Å². The van der Waals surface area contributed by atoms with Crippen molar-refractivity contribution in [3.05, 3.63) is 17.7 Å². The smallest absolute Gasteiger partial charge is 0.194 e. The van der Waals surface area contributed by atoms with E-state index in [9.17, 15) is 8.78 Å². The number of aliphatic imine (C=N–C) groups is 1. The third kappa shape index (κ3) is 2.13. The second kappa shape index (κ2) is 4.65. The minimum absolute atomic E-state index is 0.210. The van der Waals surface area contributed by atoms with Crippen LogP contribution >= 0.6 is 0 Å². The quantitative estimate of drug-likeness (QED) is 0.597. The summed E-state index contributed by atoms with van der Waals surface area (Å²) in [5.74, 6) is -2.87. The van der Waals surface area contributed by atoms with Crippen molar-refractivity contribution in [2.45, 2.75) is 0 Å². The molecule has 0 spiro atoms. The van der Waals surface area contributed by atoms with Crippen LogP contribution < -0.4 is 20.9 Å². The first-order valence-corrected chi connectivity index (χ1v) is 4.20. The molecule has 0 atom stereocenters. The van der Waals surface area contributed by atoms with Crippen molar-refractivity contribution in [3.8, 4) is 11.5 Å². The van der Waals surface area contributed by atoms with Crippen molar-refractivity contribution in [1.82, 2.24) is 0 Å². The Kier molecular flexibility index (Phi) is 3.49. The minimum Gasteiger partial charge on any atom is -0.493 e. The van der Waals surface area contributed by atoms with Crippen molar-refractivity contribution in [1.29, 1.82) is 0 Å². The van der Waals surface area contributed by atoms with Gasteiger partial charge in [-0.25, -0.2) is 13.8 Å². The highest BCUT2D eigenvalue weighted by atomic mass is 19.1. The van der Waals surface area contributed by atoms with Gasteiger partial charge in [0.2, 0.25) is 0 Å². The number of halogens is 2. The zero-order valence-electron chi connectivity index (χ0n) is 8.75. The molecular weight excluding hydrogens is 220 g/mol. The van der Waals surface area contributed by atoms with Crippen LogP contribution in [0.2, 0.25) is 0 Å². The molecule has 88 valence electrons. The maximum atomic E-state index is 13.6. The maximum Gasteiger partial charge on any atom is 0.194 e. The number of hydrogen-bond donors (Lipinski definition) is 2. The van der Waals surface area contributed by atoms with Crippen LogP contribution in [0.1, 0.15) is 0 Å². The lowest BCUT2D eigenvalue weighted by Crippen LogP contribution is -2.22. The zero-order valence-corrected chi connectivity index (χ0v) is 8.75. The summed E-state index contributed by atoms with van der Waals surface area (Å²) in [6, 6.07) is 1.07. The Balaban J connectivity index is 3.49. The van der Waals surface area contributed by atoms with Gasteiger partial charge >= 0.3 is 0 Å². The first-order chi connectivity index (χ1) is 7.51. The Hall–Kier alpha value is -2.05. The molecule has 16 heavy (non-hydrogen) atoms. The molecule has 0 radical (unpaired) electrons. The normalized spacial score (nSPS) is 9.75. The van der Waals surface area contributed by atoms with Crippen LogP contribution in [-0.4, -0.2) is 20.2 Å². The highest BCUT2D eigenvalue weighted by molar-refractivity contribution is 5.79. The summed E-state index contributed by atoms with van der Waals surface area (Å²) in [4.78, 5) is 3.34. The van der Waals surface area contributed by atoms with Gasteiger partial charge in [0.25, 0.3) is 0 Å². The largest absolute Gasteiger partial charge is 0.493 e. The van der Waals surface area contributed by atoms with Gasteiger partial charge in [0.05, 0.1) is 14.2 Å². The van der Waals surface area contributed by atoms with Crippen molar-refractivity contribution in [3.63, 3.8) is 0 Å². The number of benzene rings is 1. The zero-order chi connectivity index (χ0) is 12.3. The molecule has 4 N–H and O–H groups in total. The van der Waals surface area contributed by atoms with Crippen LogP contribution in [-0.2, 0) is 0 Å². The molecule has 0 bridgehead atoms. The van der Waals surface area contributed by atoms with Gasteiger partial charge in [0.1, 0.15) is 5.69 Å². The number of nitrogens with zero attached hydrogens (tertiary/aromatic N) is 1. The molecule has 1 aromatic rings. The Labute approximate surface area is 90.7 Å². The van der Waals surface area contributed by atoms with E-state index in [1.54, 1.807) is 0 Å². The lowest BCUT2D eigenvalue weighted by molar-refractivity contribution is 0.359. The molecule has 0 fully saturated rings. The van der Waals surface area contributed by atoms with Crippen LogP contribution in [0.4, 0.5) is 14.5 Å². The molecule has 1 aromatic carbocycles. The molecule has 0 aliphatic heterocycles. The lowest BCUT2D eigenvalue weighted by Gasteiger charge is -2.09. The predicted octanol–water partition coefficient (Wildman–Crippen LogP) is 0.887. The summed E-state index contributed by atoms with van der Waals surface area (Å²) in [5, 5.41) is 0. The first kappa shape index (κ1) is 12.0. The van der Waals surface area contributed by atoms with Gasteiger partial charge < -0.3 is 20.9 Å². The topological polar surface area (TPSA) is 82.9 Å². The summed E-state index contributed by atoms with van der Waals surface area (Å²) in [6.07, 6.45) is 0. The van der Waals surface area contributed by atoms with Crippen molar-refractivity contribution < 1.29 is 18.3 Å². The van der Waals surface area contributed by atoms with Crippen molar-refractivity contribution >= 4 is 11.6 Å². The average Bonchev–Trinajstić information content (AvgIpc) is 2.24. The lowest BCUT2D eigenvalue weighted by atomic mass is 10.2. The number of hydrogen-bond acceptors (Lipinski definition) is 3. The molecule has 0 aliphatic carbocycles. The summed E-state index contributed by atoms with van der Waals surface area (Å²) in [6.45, 7) is 0. The number of rotatable bonds is 3. The molecule has 0 unspecified atom stereocenters. The van der Waals surface area contributed by atoms with E-state index in [1.165, 1.54) is 14.2 Å². The molecule has 0 amide bonds. The fourth-order valence-corrected chi connectivity index (χ4v) is 1.10. The van der Waals surface area contributed by atoms with Gasteiger partial charge in [-0.05, 0) is 0 Å². The molecule has 1 rings (SSSR count). The van der Waals surface area contributed by atoms with Gasteiger partial charge in [-0.3, -0.25) is 0 Å². The van der Waals surface area contributed by atoms with Gasteiger partial charge in [-0.2, -0.15) is 0 Å². The number of guanidine groups is 1. The second-order valence-electron chi connectivity index (χ2n) is 2.79. The number of methoxy groups -OCH3 is 2. The van der Waals surface area contributed by atoms with Gasteiger partial charge in [0, 0.05) is 6.07 Å². The standard InChI is InChI=1S/C9H11F2N3O2/c1-15-4-3-5(16-2)7(11)8(6(4)10)14-9(12)13/h3H,1-2H3,(H4,12,13,14). The Bertz CT molecular complexity index is 403. The van der Waals surface area contributed by atoms with Crippen LogP contribution in [0.3, 0.4) is 0 Å². The molecule has 0 saturated carbocycles. The van der Waals surface area contributed by atoms with E-state index in [0.717, 1.165) is 6.07 Å². The molecule has 7 heteroatoms. The van der Waals surface area contributed by atoms with E-state index in [2.05, 4.69) is 4.99 Å². The third-order valence-electron chi connectivity index (χ3n) is 1.79. The van der Waals surface area contributed by atoms with Crippen LogP contribution in [0, 0.1) is 11.6 Å². The van der Waals surface area contributed by atoms with Crippen LogP contribution in [0.25, 0.3) is 0 Å². The highest BCUT2D eigenvalue weighted by Crippen LogP contribution is 2.36. The molecule has 0 saturated heterocycles. The fourth-order valence-electron chi connectivity index (χ4n) is 1.10. The Morgan fingerprint density at radius 1 is 1.12 bits per heavy atom. The van der Waals surface area contributed by atoms with Gasteiger partial charge in [0.15, 0.2) is 29.1 Å². The summed E-state index contributed by atoms with van der Waals surface area (Å²) >= 11 is 0. The van der Waals surface area contributed by atoms with Crippen molar-refractivity contribution in [2.24, 2.45) is 16.5 Å². The number of ether oxygens (including phenoxy) is 2. The Morgan fingerprint density at radius 2 is 1.56 bits per heavy atom. The summed E-state index contributed by atoms with van der Waals surface area (Å²) in [7, 11) is 2.46. The van der Waals surface area contributed by atoms with E-state index >= 15 is 0 Å². The molecule has 0 aliphatic rings. The second-order valence-corrected chi connectivity index (χ2v) is 2.79. The molecule has 0 heterocycles. The highest BCUT2D eigenvalue weighted by Gasteiger charge is 2.19. The van der Waals surface area contributed by atoms with Crippen LogP contribution in [0.5, 0.6) is 11.5 Å². The van der Waals surface area contributed by atoms with E-state index in [0.29, 0.717) is 0 Å². The SMILES string of the molecule is COc1cc(OC)c(F)c(N=C(N)N)c1F. The molecule has 0 aromatic heterocycles. The van der Waals surface area contributed by atoms with Crippen molar-refractivity contribution in [2.75, 3.05) is 14.2 Å². The summed E-state index contributed by atoms with van der Waals surface area (Å²) < 4.78 is 36.5. The van der Waals surface area contributed by atoms with Gasteiger partial charge in [-0.15, -0.1) is 0 Å². The van der Waals surface area contributed by atoms with Gasteiger partial charge in [-0.1, -0.05) is 0 Å². The van der Waals surface area contributed by atoms with E-state index < -0.39 is 23.3 Å². The predicted molar refractivity (Wildman–Crippen MR) is 54.9 cm³/mol. The van der Waals surface area contributed by atoms with E-state index in [1.807, 2.05) is 0 Å². The minimum atomic E-state index is -0.991.